The number of nitrogens with one attached hydrogen (secondary N) is 1. The van der Waals surface area contributed by atoms with Gasteiger partial charge in [0, 0.05) is 12.6 Å². The van der Waals surface area contributed by atoms with E-state index < -0.39 is 22.0 Å². The number of thiazole rings is 1. The summed E-state index contributed by atoms with van der Waals surface area (Å²) in [6.07, 6.45) is 0.295. The van der Waals surface area contributed by atoms with Crippen LogP contribution in [0, 0.1) is 5.92 Å². The van der Waals surface area contributed by atoms with Crippen molar-refractivity contribution in [2.75, 3.05) is 13.7 Å². The molecule has 20 heavy (non-hydrogen) atoms. The lowest BCUT2D eigenvalue weighted by Crippen LogP contribution is -2.39. The normalized spacial score (nSPS) is 13.4. The van der Waals surface area contributed by atoms with Gasteiger partial charge in [0.05, 0.1) is 12.6 Å². The highest BCUT2D eigenvalue weighted by atomic mass is 32.2. The highest BCUT2D eigenvalue weighted by molar-refractivity contribution is 7.91. The predicted molar refractivity (Wildman–Crippen MR) is 74.1 cm³/mol. The van der Waals surface area contributed by atoms with Gasteiger partial charge >= 0.3 is 5.97 Å². The van der Waals surface area contributed by atoms with Crippen molar-refractivity contribution >= 4 is 27.3 Å². The van der Waals surface area contributed by atoms with Gasteiger partial charge in [-0.3, -0.25) is 0 Å². The zero-order chi connectivity index (χ0) is 15.3. The first-order valence-corrected chi connectivity index (χ1v) is 8.34. The Bertz CT molecular complexity index is 553. The van der Waals surface area contributed by atoms with Crippen LogP contribution in [-0.2, 0) is 14.8 Å². The zero-order valence-corrected chi connectivity index (χ0v) is 13.1. The number of methoxy groups -OCH3 is 1. The van der Waals surface area contributed by atoms with Crippen LogP contribution < -0.4 is 4.72 Å². The van der Waals surface area contributed by atoms with Gasteiger partial charge in [-0.05, 0) is 12.3 Å². The van der Waals surface area contributed by atoms with Crippen molar-refractivity contribution in [3.63, 3.8) is 0 Å². The van der Waals surface area contributed by atoms with E-state index in [4.69, 9.17) is 5.11 Å². The second-order valence-corrected chi connectivity index (χ2v) is 7.23. The first-order chi connectivity index (χ1) is 9.33. The summed E-state index contributed by atoms with van der Waals surface area (Å²) in [5.41, 5.74) is 1.05. The Hall–Kier alpha value is -1.03. The van der Waals surface area contributed by atoms with Crippen LogP contribution in [0.3, 0.4) is 0 Å². The molecule has 114 valence electrons. The van der Waals surface area contributed by atoms with Crippen molar-refractivity contribution in [1.29, 1.82) is 0 Å². The maximum absolute atomic E-state index is 12.3. The molecular formula is C11H18N2O5S2. The third-order valence-corrected chi connectivity index (χ3v) is 5.57. The molecule has 0 amide bonds. The molecule has 1 unspecified atom stereocenters. The summed E-state index contributed by atoms with van der Waals surface area (Å²) in [5, 5.41) is 8.98. The Kier molecular flexibility index (Phi) is 6.06. The summed E-state index contributed by atoms with van der Waals surface area (Å²) in [5.74, 6) is -0.790. The van der Waals surface area contributed by atoms with Crippen LogP contribution in [0.1, 0.15) is 30.8 Å². The number of aromatic nitrogens is 1. The SMILES string of the molecule is COC(=O)c1ncsc1S(=O)(=O)NC(CCO)C(C)C. The average Bonchev–Trinajstić information content (AvgIpc) is 2.87. The van der Waals surface area contributed by atoms with Gasteiger partial charge in [0.25, 0.3) is 10.0 Å². The summed E-state index contributed by atoms with van der Waals surface area (Å²) in [4.78, 5) is 15.2. The molecule has 1 rings (SSSR count). The Morgan fingerprint density at radius 1 is 1.55 bits per heavy atom. The Morgan fingerprint density at radius 3 is 2.70 bits per heavy atom. The number of esters is 1. The summed E-state index contributed by atoms with van der Waals surface area (Å²) >= 11 is 0.847. The van der Waals surface area contributed by atoms with Crippen LogP contribution in [0.15, 0.2) is 9.72 Å². The summed E-state index contributed by atoms with van der Waals surface area (Å²) in [6, 6.07) is -0.419. The van der Waals surface area contributed by atoms with Crippen LogP contribution in [-0.4, -0.2) is 44.2 Å². The fourth-order valence-electron chi connectivity index (χ4n) is 1.58. The number of carbonyl (C=O) groups is 1. The molecule has 7 nitrogen and oxygen atoms in total. The smallest absolute Gasteiger partial charge is 0.358 e. The average molecular weight is 322 g/mol. The van der Waals surface area contributed by atoms with Crippen LogP contribution in [0.4, 0.5) is 0 Å². The first kappa shape index (κ1) is 17.0. The third kappa shape index (κ3) is 3.98. The molecule has 0 aliphatic carbocycles. The molecule has 0 aliphatic heterocycles. The van der Waals surface area contributed by atoms with E-state index in [1.165, 1.54) is 5.51 Å². The Morgan fingerprint density at radius 2 is 2.20 bits per heavy atom. The number of hydrogen-bond acceptors (Lipinski definition) is 7. The number of hydrogen-bond donors (Lipinski definition) is 2. The van der Waals surface area contributed by atoms with Crippen molar-refractivity contribution in [3.05, 3.63) is 11.2 Å². The maximum atomic E-state index is 12.3. The maximum Gasteiger partial charge on any atom is 0.358 e. The van der Waals surface area contributed by atoms with Crippen LogP contribution in [0.25, 0.3) is 0 Å². The number of ether oxygens (including phenoxy) is 1. The first-order valence-electron chi connectivity index (χ1n) is 5.98. The van der Waals surface area contributed by atoms with Crippen LogP contribution in [0.2, 0.25) is 0 Å². The van der Waals surface area contributed by atoms with E-state index in [1.807, 2.05) is 13.8 Å². The lowest BCUT2D eigenvalue weighted by Gasteiger charge is -2.20. The standard InChI is InChI=1S/C11H18N2O5S2/c1-7(2)8(4-5-14)13-20(16,17)11-9(10(15)18-3)12-6-19-11/h6-8,13-14H,4-5H2,1-3H3. The molecule has 1 atom stereocenters. The van der Waals surface area contributed by atoms with E-state index in [9.17, 15) is 13.2 Å². The topological polar surface area (TPSA) is 106 Å². The molecule has 0 spiro atoms. The van der Waals surface area contributed by atoms with Gasteiger partial charge in [-0.2, -0.15) is 0 Å². The van der Waals surface area contributed by atoms with Crippen molar-refractivity contribution < 1.29 is 23.1 Å². The minimum atomic E-state index is -3.88. The highest BCUT2D eigenvalue weighted by Gasteiger charge is 2.29. The number of sulfonamides is 1. The van der Waals surface area contributed by atoms with Gasteiger partial charge in [0.15, 0.2) is 9.90 Å². The van der Waals surface area contributed by atoms with E-state index in [0.717, 1.165) is 18.4 Å². The van der Waals surface area contributed by atoms with Crippen LogP contribution >= 0.6 is 11.3 Å². The lowest BCUT2D eigenvalue weighted by atomic mass is 10.0. The van der Waals surface area contributed by atoms with E-state index in [0.29, 0.717) is 6.42 Å². The van der Waals surface area contributed by atoms with Gasteiger partial charge in [0.1, 0.15) is 0 Å². The molecule has 0 aliphatic rings. The van der Waals surface area contributed by atoms with E-state index in [1.54, 1.807) is 0 Å². The zero-order valence-electron chi connectivity index (χ0n) is 11.5. The molecular weight excluding hydrogens is 304 g/mol. The molecule has 2 N–H and O–H groups in total. The van der Waals surface area contributed by atoms with Gasteiger partial charge in [-0.25, -0.2) is 22.9 Å². The summed E-state index contributed by atoms with van der Waals surface area (Å²) in [7, 11) is -2.71. The Balaban J connectivity index is 3.05. The minimum Gasteiger partial charge on any atom is -0.464 e. The van der Waals surface area contributed by atoms with Crippen molar-refractivity contribution in [1.82, 2.24) is 9.71 Å². The number of nitrogens with zero attached hydrogens (tertiary/aromatic N) is 1. The lowest BCUT2D eigenvalue weighted by molar-refractivity contribution is 0.0590. The van der Waals surface area contributed by atoms with E-state index >= 15 is 0 Å². The minimum absolute atomic E-state index is 0.00595. The molecule has 0 saturated heterocycles. The second-order valence-electron chi connectivity index (χ2n) is 4.46. The van der Waals surface area contributed by atoms with Gasteiger partial charge in [-0.1, -0.05) is 13.8 Å². The highest BCUT2D eigenvalue weighted by Crippen LogP contribution is 2.22. The van der Waals surface area contributed by atoms with Crippen molar-refractivity contribution in [2.24, 2.45) is 5.92 Å². The molecule has 0 saturated carbocycles. The van der Waals surface area contributed by atoms with Gasteiger partial charge in [-0.15, -0.1) is 11.3 Å². The summed E-state index contributed by atoms with van der Waals surface area (Å²) in [6.45, 7) is 3.56. The molecule has 0 fully saturated rings. The molecule has 1 heterocycles. The predicted octanol–water partition coefficient (Wildman–Crippen LogP) is 0.615. The van der Waals surface area contributed by atoms with E-state index in [2.05, 4.69) is 14.4 Å². The van der Waals surface area contributed by atoms with E-state index in [-0.39, 0.29) is 22.4 Å². The van der Waals surface area contributed by atoms with Crippen LogP contribution in [0.5, 0.6) is 0 Å². The van der Waals surface area contributed by atoms with Crippen molar-refractivity contribution in [2.45, 2.75) is 30.5 Å². The van der Waals surface area contributed by atoms with Gasteiger partial charge < -0.3 is 9.84 Å². The number of rotatable bonds is 7. The molecule has 1 aromatic heterocycles. The monoisotopic (exact) mass is 322 g/mol. The fraction of sp³-hybridized carbons (Fsp3) is 0.636. The third-order valence-electron chi connectivity index (χ3n) is 2.71. The largest absolute Gasteiger partial charge is 0.464 e. The molecule has 9 heteroatoms. The van der Waals surface area contributed by atoms with Gasteiger partial charge in [0.2, 0.25) is 0 Å². The molecule has 0 aromatic carbocycles. The number of carbonyl (C=O) groups excluding carboxylic acids is 1. The molecule has 0 radical (unpaired) electrons. The second kappa shape index (κ2) is 7.11. The number of aliphatic hydroxyl groups excluding tert-OH is 1. The Labute approximate surface area is 122 Å². The number of aliphatic hydroxyl groups is 1. The molecule has 1 aromatic rings. The summed E-state index contributed by atoms with van der Waals surface area (Å²) < 4.78 is 31.4. The fourth-order valence-corrected chi connectivity index (χ4v) is 4.15. The quantitative estimate of drug-likeness (QED) is 0.713. The molecule has 0 bridgehead atoms. The van der Waals surface area contributed by atoms with Crippen molar-refractivity contribution in [3.8, 4) is 0 Å².